The maximum Gasteiger partial charge on any atom is 0.305 e. The van der Waals surface area contributed by atoms with Gasteiger partial charge in [0.05, 0.1) is 30.0 Å². The number of rotatable bonds is 5. The van der Waals surface area contributed by atoms with Gasteiger partial charge in [0.1, 0.15) is 0 Å². The Morgan fingerprint density at radius 3 is 2.78 bits per heavy atom. The Bertz CT molecular complexity index is 448. The molecule has 0 fully saturated rings. The fraction of sp³-hybridized carbons (Fsp3) is 0.364. The van der Waals surface area contributed by atoms with Gasteiger partial charge in [-0.15, -0.1) is 0 Å². The molecule has 0 saturated heterocycles. The molecule has 0 aliphatic rings. The van der Waals surface area contributed by atoms with Crippen molar-refractivity contribution in [3.63, 3.8) is 0 Å². The summed E-state index contributed by atoms with van der Waals surface area (Å²) in [5, 5.41) is 11.1. The molecule has 0 spiro atoms. The number of aliphatic carboxylic acids is 1. The number of aromatic nitrogens is 1. The second-order valence-corrected chi connectivity index (χ2v) is 3.98. The predicted molar refractivity (Wildman–Crippen MR) is 67.4 cm³/mol. The molecule has 7 heteroatoms. The van der Waals surface area contributed by atoms with E-state index in [0.717, 1.165) is 5.69 Å². The maximum absolute atomic E-state index is 11.7. The molecule has 1 aromatic heterocycles. The van der Waals surface area contributed by atoms with Crippen LogP contribution in [0.15, 0.2) is 18.5 Å². The summed E-state index contributed by atoms with van der Waals surface area (Å²) >= 11 is 0. The Morgan fingerprint density at radius 1 is 1.56 bits per heavy atom. The summed E-state index contributed by atoms with van der Waals surface area (Å²) in [5.74, 6) is -1.66. The SMILES string of the molecule is CN(C)c1ccncc1NC(=O)C(N)CC(=O)O. The summed E-state index contributed by atoms with van der Waals surface area (Å²) in [6.07, 6.45) is 2.67. The molecule has 1 aromatic rings. The number of hydrogen-bond acceptors (Lipinski definition) is 5. The van der Waals surface area contributed by atoms with Gasteiger partial charge in [-0.1, -0.05) is 0 Å². The fourth-order valence-corrected chi connectivity index (χ4v) is 1.38. The molecule has 1 atom stereocenters. The number of pyridine rings is 1. The first-order chi connectivity index (χ1) is 8.41. The van der Waals surface area contributed by atoms with E-state index >= 15 is 0 Å². The molecule has 1 rings (SSSR count). The van der Waals surface area contributed by atoms with Crippen LogP contribution in [-0.2, 0) is 9.59 Å². The van der Waals surface area contributed by atoms with Crippen molar-refractivity contribution in [3.8, 4) is 0 Å². The van der Waals surface area contributed by atoms with E-state index in [0.29, 0.717) is 5.69 Å². The number of amides is 1. The van der Waals surface area contributed by atoms with Gasteiger partial charge in [0.25, 0.3) is 0 Å². The summed E-state index contributed by atoms with van der Waals surface area (Å²) in [4.78, 5) is 27.8. The predicted octanol–water partition coefficient (Wildman–Crippen LogP) is -0.112. The van der Waals surface area contributed by atoms with Gasteiger partial charge in [0, 0.05) is 20.3 Å². The van der Waals surface area contributed by atoms with Crippen LogP contribution in [0, 0.1) is 0 Å². The Labute approximate surface area is 105 Å². The highest BCUT2D eigenvalue weighted by atomic mass is 16.4. The molecule has 4 N–H and O–H groups in total. The van der Waals surface area contributed by atoms with Gasteiger partial charge in [0.15, 0.2) is 0 Å². The minimum atomic E-state index is -1.11. The second kappa shape index (κ2) is 5.97. The van der Waals surface area contributed by atoms with Crippen molar-refractivity contribution in [2.75, 3.05) is 24.3 Å². The standard InChI is InChI=1S/C11H16N4O3/c1-15(2)9-3-4-13-6-8(9)14-11(18)7(12)5-10(16)17/h3-4,6-7H,5,12H2,1-2H3,(H,14,18)(H,16,17). The molecule has 0 aliphatic heterocycles. The molecule has 98 valence electrons. The van der Waals surface area contributed by atoms with E-state index in [1.165, 1.54) is 6.20 Å². The fourth-order valence-electron chi connectivity index (χ4n) is 1.38. The van der Waals surface area contributed by atoms with E-state index in [1.54, 1.807) is 17.2 Å². The molecule has 1 unspecified atom stereocenters. The summed E-state index contributed by atoms with van der Waals surface area (Å²) in [6, 6.07) is 0.649. The smallest absolute Gasteiger partial charge is 0.305 e. The largest absolute Gasteiger partial charge is 0.481 e. The molecule has 0 radical (unpaired) electrons. The number of carbonyl (C=O) groups is 2. The van der Waals surface area contributed by atoms with Gasteiger partial charge in [-0.25, -0.2) is 0 Å². The van der Waals surface area contributed by atoms with Crippen molar-refractivity contribution in [2.24, 2.45) is 5.73 Å². The zero-order valence-electron chi connectivity index (χ0n) is 10.3. The monoisotopic (exact) mass is 252 g/mol. The third kappa shape index (κ3) is 3.70. The lowest BCUT2D eigenvalue weighted by molar-refractivity contribution is -0.138. The Balaban J connectivity index is 2.78. The molecule has 7 nitrogen and oxygen atoms in total. The third-order valence-electron chi connectivity index (χ3n) is 2.27. The number of anilines is 2. The van der Waals surface area contributed by atoms with E-state index < -0.39 is 24.3 Å². The van der Waals surface area contributed by atoms with Gasteiger partial charge in [-0.05, 0) is 6.07 Å². The van der Waals surface area contributed by atoms with Crippen LogP contribution in [0.1, 0.15) is 6.42 Å². The first-order valence-corrected chi connectivity index (χ1v) is 5.31. The number of carbonyl (C=O) groups excluding carboxylic acids is 1. The van der Waals surface area contributed by atoms with E-state index in [4.69, 9.17) is 10.8 Å². The number of nitrogens with one attached hydrogen (secondary N) is 1. The van der Waals surface area contributed by atoms with Gasteiger partial charge in [-0.3, -0.25) is 14.6 Å². The zero-order valence-corrected chi connectivity index (χ0v) is 10.3. The third-order valence-corrected chi connectivity index (χ3v) is 2.27. The van der Waals surface area contributed by atoms with E-state index in [9.17, 15) is 9.59 Å². The lowest BCUT2D eigenvalue weighted by Crippen LogP contribution is -2.37. The topological polar surface area (TPSA) is 109 Å². The normalized spacial score (nSPS) is 11.7. The average molecular weight is 252 g/mol. The minimum absolute atomic E-state index is 0.413. The lowest BCUT2D eigenvalue weighted by Gasteiger charge is -2.18. The number of nitrogens with two attached hydrogens (primary N) is 1. The van der Waals surface area contributed by atoms with Crippen LogP contribution < -0.4 is 16.0 Å². The molecular formula is C11H16N4O3. The summed E-state index contributed by atoms with van der Waals surface area (Å²) in [5.41, 5.74) is 6.72. The van der Waals surface area contributed by atoms with Crippen molar-refractivity contribution >= 4 is 23.3 Å². The molecule has 0 saturated carbocycles. The van der Waals surface area contributed by atoms with Crippen LogP contribution in [0.5, 0.6) is 0 Å². The van der Waals surface area contributed by atoms with Crippen molar-refractivity contribution in [3.05, 3.63) is 18.5 Å². The van der Waals surface area contributed by atoms with Crippen LogP contribution in [0.4, 0.5) is 11.4 Å². The Kier molecular flexibility index (Phi) is 4.61. The Morgan fingerprint density at radius 2 is 2.22 bits per heavy atom. The zero-order chi connectivity index (χ0) is 13.7. The van der Waals surface area contributed by atoms with Crippen molar-refractivity contribution in [2.45, 2.75) is 12.5 Å². The molecule has 0 aliphatic carbocycles. The van der Waals surface area contributed by atoms with Crippen LogP contribution >= 0.6 is 0 Å². The molecule has 1 amide bonds. The molecule has 0 bridgehead atoms. The van der Waals surface area contributed by atoms with Crippen molar-refractivity contribution in [1.29, 1.82) is 0 Å². The van der Waals surface area contributed by atoms with Crippen LogP contribution in [0.3, 0.4) is 0 Å². The second-order valence-electron chi connectivity index (χ2n) is 3.98. The van der Waals surface area contributed by atoms with Gasteiger partial charge in [-0.2, -0.15) is 0 Å². The summed E-state index contributed by atoms with van der Waals surface area (Å²) in [6.45, 7) is 0. The molecule has 18 heavy (non-hydrogen) atoms. The summed E-state index contributed by atoms with van der Waals surface area (Å²) in [7, 11) is 3.64. The lowest BCUT2D eigenvalue weighted by atomic mass is 10.2. The van der Waals surface area contributed by atoms with Crippen LogP contribution in [0.2, 0.25) is 0 Å². The van der Waals surface area contributed by atoms with E-state index in [1.807, 2.05) is 14.1 Å². The van der Waals surface area contributed by atoms with E-state index in [2.05, 4.69) is 10.3 Å². The Hall–Kier alpha value is -2.15. The number of carboxylic acids is 1. The van der Waals surface area contributed by atoms with Gasteiger partial charge >= 0.3 is 5.97 Å². The van der Waals surface area contributed by atoms with Crippen LogP contribution in [0.25, 0.3) is 0 Å². The first kappa shape index (κ1) is 13.9. The molecule has 0 aromatic carbocycles. The van der Waals surface area contributed by atoms with Gasteiger partial charge < -0.3 is 21.1 Å². The van der Waals surface area contributed by atoms with Crippen molar-refractivity contribution in [1.82, 2.24) is 4.98 Å². The minimum Gasteiger partial charge on any atom is -0.481 e. The summed E-state index contributed by atoms with van der Waals surface area (Å²) < 4.78 is 0. The van der Waals surface area contributed by atoms with Gasteiger partial charge in [0.2, 0.25) is 5.91 Å². The number of hydrogen-bond donors (Lipinski definition) is 3. The highest BCUT2D eigenvalue weighted by Crippen LogP contribution is 2.22. The highest BCUT2D eigenvalue weighted by Gasteiger charge is 2.18. The highest BCUT2D eigenvalue weighted by molar-refractivity contribution is 5.98. The quantitative estimate of drug-likeness (QED) is 0.674. The van der Waals surface area contributed by atoms with E-state index in [-0.39, 0.29) is 0 Å². The average Bonchev–Trinajstić information content (AvgIpc) is 2.28. The maximum atomic E-state index is 11.7. The van der Waals surface area contributed by atoms with Crippen LogP contribution in [-0.4, -0.2) is 42.1 Å². The van der Waals surface area contributed by atoms with Crippen molar-refractivity contribution < 1.29 is 14.7 Å². The number of nitrogens with zero attached hydrogens (tertiary/aromatic N) is 2. The molecule has 1 heterocycles. The first-order valence-electron chi connectivity index (χ1n) is 5.31. The number of carboxylic acid groups (broad SMARTS) is 1. The molecular weight excluding hydrogens is 236 g/mol.